The van der Waals surface area contributed by atoms with Crippen LogP contribution in [-0.2, 0) is 0 Å². The van der Waals surface area contributed by atoms with E-state index in [-0.39, 0.29) is 24.1 Å². The van der Waals surface area contributed by atoms with Crippen molar-refractivity contribution in [1.29, 1.82) is 0 Å². The molecule has 0 fully saturated rings. The van der Waals surface area contributed by atoms with Crippen LogP contribution >= 0.6 is 0 Å². The highest BCUT2D eigenvalue weighted by Crippen LogP contribution is 2.26. The Morgan fingerprint density at radius 3 is 2.42 bits per heavy atom. The van der Waals surface area contributed by atoms with Gasteiger partial charge in [0.25, 0.3) is 0 Å². The molecule has 19 heavy (non-hydrogen) atoms. The summed E-state index contributed by atoms with van der Waals surface area (Å²) in [4.78, 5) is 0. The standard InChI is InChI=1S/C15H23F2NO/c1-10(12-9-11(16)5-6-13(12)17)18-14(7-8-19)15(2,3)4/h5-6,9-10,14,18-19H,7-8H2,1-4H3. The highest BCUT2D eigenvalue weighted by atomic mass is 19.1. The third-order valence-corrected chi connectivity index (χ3v) is 3.34. The van der Waals surface area contributed by atoms with Gasteiger partial charge < -0.3 is 10.4 Å². The zero-order valence-electron chi connectivity index (χ0n) is 12.0. The summed E-state index contributed by atoms with van der Waals surface area (Å²) in [7, 11) is 0. The van der Waals surface area contributed by atoms with Gasteiger partial charge in [0.2, 0.25) is 0 Å². The third kappa shape index (κ3) is 4.55. The molecule has 0 heterocycles. The second kappa shape index (κ2) is 6.44. The Hall–Kier alpha value is -1.00. The van der Waals surface area contributed by atoms with Crippen molar-refractivity contribution in [3.05, 3.63) is 35.4 Å². The molecule has 0 amide bonds. The van der Waals surface area contributed by atoms with Crippen LogP contribution in [0, 0.1) is 17.0 Å². The van der Waals surface area contributed by atoms with Crippen LogP contribution in [0.25, 0.3) is 0 Å². The molecule has 0 bridgehead atoms. The molecule has 2 nitrogen and oxygen atoms in total. The van der Waals surface area contributed by atoms with Crippen LogP contribution in [0.4, 0.5) is 8.78 Å². The van der Waals surface area contributed by atoms with E-state index in [2.05, 4.69) is 26.1 Å². The molecule has 0 spiro atoms. The van der Waals surface area contributed by atoms with Crippen LogP contribution in [0.3, 0.4) is 0 Å². The van der Waals surface area contributed by atoms with Gasteiger partial charge in [-0.25, -0.2) is 8.78 Å². The highest BCUT2D eigenvalue weighted by Gasteiger charge is 2.26. The van der Waals surface area contributed by atoms with Gasteiger partial charge in [0, 0.05) is 24.3 Å². The van der Waals surface area contributed by atoms with Crippen molar-refractivity contribution in [1.82, 2.24) is 5.32 Å². The van der Waals surface area contributed by atoms with Gasteiger partial charge in [-0.1, -0.05) is 20.8 Å². The maximum Gasteiger partial charge on any atom is 0.128 e. The van der Waals surface area contributed by atoms with E-state index in [1.807, 2.05) is 0 Å². The van der Waals surface area contributed by atoms with Gasteiger partial charge in [-0.2, -0.15) is 0 Å². The summed E-state index contributed by atoms with van der Waals surface area (Å²) in [5, 5.41) is 12.4. The fraction of sp³-hybridized carbons (Fsp3) is 0.600. The van der Waals surface area contributed by atoms with Crippen molar-refractivity contribution in [2.45, 2.75) is 46.2 Å². The molecular formula is C15H23F2NO. The molecule has 0 radical (unpaired) electrons. The lowest BCUT2D eigenvalue weighted by Gasteiger charge is -2.34. The van der Waals surface area contributed by atoms with Gasteiger partial charge in [0.1, 0.15) is 11.6 Å². The number of rotatable bonds is 5. The Morgan fingerprint density at radius 2 is 1.89 bits per heavy atom. The fourth-order valence-corrected chi connectivity index (χ4v) is 2.13. The van der Waals surface area contributed by atoms with Crippen LogP contribution in [0.15, 0.2) is 18.2 Å². The number of aliphatic hydroxyl groups excluding tert-OH is 1. The van der Waals surface area contributed by atoms with Crippen molar-refractivity contribution in [2.75, 3.05) is 6.61 Å². The first-order valence-electron chi connectivity index (χ1n) is 6.57. The van der Waals surface area contributed by atoms with E-state index in [1.54, 1.807) is 6.92 Å². The summed E-state index contributed by atoms with van der Waals surface area (Å²) >= 11 is 0. The number of hydrogen-bond donors (Lipinski definition) is 2. The third-order valence-electron chi connectivity index (χ3n) is 3.34. The number of halogens is 2. The van der Waals surface area contributed by atoms with Crippen LogP contribution < -0.4 is 5.32 Å². The van der Waals surface area contributed by atoms with E-state index in [1.165, 1.54) is 6.07 Å². The van der Waals surface area contributed by atoms with Crippen molar-refractivity contribution >= 4 is 0 Å². The van der Waals surface area contributed by atoms with Gasteiger partial charge in [0.05, 0.1) is 0 Å². The molecule has 108 valence electrons. The Labute approximate surface area is 113 Å². The maximum absolute atomic E-state index is 13.7. The molecule has 0 aliphatic heterocycles. The molecule has 0 saturated heterocycles. The molecule has 2 unspecified atom stereocenters. The largest absolute Gasteiger partial charge is 0.396 e. The molecular weight excluding hydrogens is 248 g/mol. The molecule has 1 rings (SSSR count). The number of aliphatic hydroxyl groups is 1. The molecule has 0 aliphatic rings. The lowest BCUT2D eigenvalue weighted by atomic mass is 9.84. The molecule has 1 aromatic carbocycles. The number of hydrogen-bond acceptors (Lipinski definition) is 2. The van der Waals surface area contributed by atoms with E-state index in [9.17, 15) is 8.78 Å². The predicted molar refractivity (Wildman–Crippen MR) is 72.9 cm³/mol. The Bertz CT molecular complexity index is 415. The summed E-state index contributed by atoms with van der Waals surface area (Å²) in [6.07, 6.45) is 0.574. The first kappa shape index (κ1) is 16.1. The number of nitrogens with one attached hydrogen (secondary N) is 1. The second-order valence-corrected chi connectivity index (χ2v) is 5.99. The van der Waals surface area contributed by atoms with Gasteiger partial charge >= 0.3 is 0 Å². The second-order valence-electron chi connectivity index (χ2n) is 5.99. The minimum Gasteiger partial charge on any atom is -0.396 e. The normalized spacial score (nSPS) is 15.3. The molecule has 2 atom stereocenters. The first-order chi connectivity index (χ1) is 8.75. The summed E-state index contributed by atoms with van der Waals surface area (Å²) < 4.78 is 26.9. The summed E-state index contributed by atoms with van der Waals surface area (Å²) in [6, 6.07) is 3.18. The maximum atomic E-state index is 13.7. The Balaban J connectivity index is 2.87. The van der Waals surface area contributed by atoms with Gasteiger partial charge in [-0.3, -0.25) is 0 Å². The Morgan fingerprint density at radius 1 is 1.26 bits per heavy atom. The molecule has 0 saturated carbocycles. The van der Waals surface area contributed by atoms with Crippen LogP contribution in [0.1, 0.15) is 45.7 Å². The van der Waals surface area contributed by atoms with Crippen LogP contribution in [-0.4, -0.2) is 17.8 Å². The van der Waals surface area contributed by atoms with Crippen molar-refractivity contribution in [3.63, 3.8) is 0 Å². The molecule has 4 heteroatoms. The zero-order chi connectivity index (χ0) is 14.6. The van der Waals surface area contributed by atoms with Crippen LogP contribution in [0.5, 0.6) is 0 Å². The van der Waals surface area contributed by atoms with Crippen molar-refractivity contribution in [3.8, 4) is 0 Å². The SMILES string of the molecule is CC(NC(CCO)C(C)(C)C)c1cc(F)ccc1F. The quantitative estimate of drug-likeness (QED) is 0.860. The first-order valence-corrected chi connectivity index (χ1v) is 6.57. The van der Waals surface area contributed by atoms with Gasteiger partial charge in [0.15, 0.2) is 0 Å². The number of benzene rings is 1. The van der Waals surface area contributed by atoms with E-state index in [0.29, 0.717) is 12.0 Å². The van der Waals surface area contributed by atoms with E-state index in [0.717, 1.165) is 12.1 Å². The lowest BCUT2D eigenvalue weighted by molar-refractivity contribution is 0.187. The van der Waals surface area contributed by atoms with Gasteiger partial charge in [-0.15, -0.1) is 0 Å². The summed E-state index contributed by atoms with van der Waals surface area (Å²) in [5.74, 6) is -0.863. The molecule has 1 aromatic rings. The van der Waals surface area contributed by atoms with E-state index < -0.39 is 11.6 Å². The van der Waals surface area contributed by atoms with Crippen molar-refractivity contribution < 1.29 is 13.9 Å². The van der Waals surface area contributed by atoms with Gasteiger partial charge in [-0.05, 0) is 37.0 Å². The fourth-order valence-electron chi connectivity index (χ4n) is 2.13. The lowest BCUT2D eigenvalue weighted by Crippen LogP contribution is -2.42. The Kier molecular flexibility index (Phi) is 5.44. The average Bonchev–Trinajstić information content (AvgIpc) is 2.30. The minimum absolute atomic E-state index is 0.0233. The minimum atomic E-state index is -0.445. The van der Waals surface area contributed by atoms with E-state index in [4.69, 9.17) is 5.11 Å². The molecule has 2 N–H and O–H groups in total. The summed E-state index contributed by atoms with van der Waals surface area (Å²) in [6.45, 7) is 8.01. The summed E-state index contributed by atoms with van der Waals surface area (Å²) in [5.41, 5.74) is 0.244. The average molecular weight is 271 g/mol. The topological polar surface area (TPSA) is 32.3 Å². The van der Waals surface area contributed by atoms with Crippen molar-refractivity contribution in [2.24, 2.45) is 5.41 Å². The zero-order valence-corrected chi connectivity index (χ0v) is 12.0. The van der Waals surface area contributed by atoms with Crippen LogP contribution in [0.2, 0.25) is 0 Å². The predicted octanol–water partition coefficient (Wildman–Crippen LogP) is 3.41. The smallest absolute Gasteiger partial charge is 0.128 e. The molecule has 0 aromatic heterocycles. The van der Waals surface area contributed by atoms with E-state index >= 15 is 0 Å². The highest BCUT2D eigenvalue weighted by molar-refractivity contribution is 5.22. The monoisotopic (exact) mass is 271 g/mol. The molecule has 0 aliphatic carbocycles.